The Morgan fingerprint density at radius 3 is 2.22 bits per heavy atom. The van der Waals surface area contributed by atoms with Crippen molar-refractivity contribution in [3.05, 3.63) is 0 Å². The Hall–Kier alpha value is -1.06. The molecular formula is C23H34O4. The minimum absolute atomic E-state index is 0.0640. The van der Waals surface area contributed by atoms with Crippen molar-refractivity contribution < 1.29 is 19.1 Å². The van der Waals surface area contributed by atoms with Gasteiger partial charge in [-0.05, 0) is 80.5 Å². The summed E-state index contributed by atoms with van der Waals surface area (Å²) in [6.45, 7) is 7.99. The van der Waals surface area contributed by atoms with Crippen molar-refractivity contribution >= 4 is 11.9 Å². The van der Waals surface area contributed by atoms with Crippen LogP contribution < -0.4 is 0 Å². The van der Waals surface area contributed by atoms with Crippen LogP contribution in [0.25, 0.3) is 0 Å². The molecule has 4 nitrogen and oxygen atoms in total. The maximum absolute atomic E-state index is 11.9. The fourth-order valence-corrected chi connectivity index (χ4v) is 8.97. The molecule has 5 aliphatic rings. The predicted molar refractivity (Wildman–Crippen MR) is 101 cm³/mol. The van der Waals surface area contributed by atoms with Gasteiger partial charge >= 0.3 is 11.9 Å². The van der Waals surface area contributed by atoms with Gasteiger partial charge in [0.25, 0.3) is 0 Å². The van der Waals surface area contributed by atoms with Gasteiger partial charge < -0.3 is 9.47 Å². The SMILES string of the molecule is CC(=O)O[C@H]1C[C@H]2[C@@H]3CC[C@@H](OC(C)=O)[C@@]3(C)CC[C@@H]2[C@@]2(C)CC[C@@H]3C[C@]312. The third-order valence-electron chi connectivity index (χ3n) is 10.1. The maximum Gasteiger partial charge on any atom is 0.302 e. The second-order valence-corrected chi connectivity index (χ2v) is 10.8. The molecule has 0 saturated heterocycles. The zero-order valence-corrected chi connectivity index (χ0v) is 17.3. The Bertz CT molecular complexity index is 688. The number of esters is 2. The lowest BCUT2D eigenvalue weighted by Crippen LogP contribution is -2.57. The highest BCUT2D eigenvalue weighted by molar-refractivity contribution is 5.66. The van der Waals surface area contributed by atoms with Crippen LogP contribution in [0.5, 0.6) is 0 Å². The van der Waals surface area contributed by atoms with Gasteiger partial charge in [-0.25, -0.2) is 0 Å². The van der Waals surface area contributed by atoms with Crippen molar-refractivity contribution in [2.75, 3.05) is 0 Å². The zero-order valence-electron chi connectivity index (χ0n) is 17.3. The van der Waals surface area contributed by atoms with Crippen LogP contribution in [0.15, 0.2) is 0 Å². The summed E-state index contributed by atoms with van der Waals surface area (Å²) in [5.41, 5.74) is 0.680. The molecule has 27 heavy (non-hydrogen) atoms. The number of hydrogen-bond acceptors (Lipinski definition) is 4. The molecular weight excluding hydrogens is 340 g/mol. The van der Waals surface area contributed by atoms with E-state index in [1.807, 2.05) is 0 Å². The van der Waals surface area contributed by atoms with Gasteiger partial charge in [0.15, 0.2) is 0 Å². The van der Waals surface area contributed by atoms with Gasteiger partial charge in [0.1, 0.15) is 12.2 Å². The molecule has 5 saturated carbocycles. The summed E-state index contributed by atoms with van der Waals surface area (Å²) in [7, 11) is 0. The van der Waals surface area contributed by atoms with E-state index in [0.717, 1.165) is 31.1 Å². The fourth-order valence-electron chi connectivity index (χ4n) is 8.97. The van der Waals surface area contributed by atoms with Crippen molar-refractivity contribution in [2.45, 2.75) is 91.3 Å². The van der Waals surface area contributed by atoms with Crippen molar-refractivity contribution in [3.8, 4) is 0 Å². The predicted octanol–water partition coefficient (Wildman–Crippen LogP) is 4.50. The largest absolute Gasteiger partial charge is 0.462 e. The molecule has 150 valence electrons. The van der Waals surface area contributed by atoms with Crippen LogP contribution in [-0.4, -0.2) is 24.1 Å². The third kappa shape index (κ3) is 2.16. The summed E-state index contributed by atoms with van der Waals surface area (Å²) in [4.78, 5) is 23.6. The van der Waals surface area contributed by atoms with Gasteiger partial charge in [-0.3, -0.25) is 9.59 Å². The molecule has 5 fully saturated rings. The molecule has 5 aliphatic carbocycles. The first-order valence-electron chi connectivity index (χ1n) is 11.1. The van der Waals surface area contributed by atoms with Crippen LogP contribution in [0.4, 0.5) is 0 Å². The number of rotatable bonds is 2. The molecule has 0 amide bonds. The molecule has 0 aliphatic heterocycles. The van der Waals surface area contributed by atoms with Crippen LogP contribution in [0.1, 0.15) is 79.1 Å². The standard InChI is InChI=1S/C23H34O4/c1-13(24)26-19-6-5-17-16-11-20(27-14(2)25)23-12-15(23)7-10-22(23,4)18(16)8-9-21(17,19)3/h15-20H,5-12H2,1-4H3/t15-,16+,17+,18+,19-,20+,21+,22-,23+/m1/s1. The summed E-state index contributed by atoms with van der Waals surface area (Å²) < 4.78 is 11.8. The van der Waals surface area contributed by atoms with Crippen LogP contribution in [-0.2, 0) is 19.1 Å². The molecule has 1 spiro atoms. The summed E-state index contributed by atoms with van der Waals surface area (Å²) in [6, 6.07) is 0. The quantitative estimate of drug-likeness (QED) is 0.668. The zero-order chi connectivity index (χ0) is 19.2. The molecule has 0 aromatic carbocycles. The first-order chi connectivity index (χ1) is 12.7. The molecule has 0 bridgehead atoms. The second-order valence-electron chi connectivity index (χ2n) is 10.8. The smallest absolute Gasteiger partial charge is 0.302 e. The first kappa shape index (κ1) is 18.0. The monoisotopic (exact) mass is 374 g/mol. The topological polar surface area (TPSA) is 52.6 Å². The minimum Gasteiger partial charge on any atom is -0.462 e. The normalized spacial score (nSPS) is 55.0. The molecule has 4 heteroatoms. The van der Waals surface area contributed by atoms with E-state index in [2.05, 4.69) is 13.8 Å². The van der Waals surface area contributed by atoms with E-state index >= 15 is 0 Å². The van der Waals surface area contributed by atoms with Gasteiger partial charge in [-0.1, -0.05) is 13.8 Å². The third-order valence-corrected chi connectivity index (χ3v) is 10.1. The number of hydrogen-bond donors (Lipinski definition) is 0. The lowest BCUT2D eigenvalue weighted by atomic mass is 9.46. The fraction of sp³-hybridized carbons (Fsp3) is 0.913. The lowest BCUT2D eigenvalue weighted by molar-refractivity contribution is -0.187. The maximum atomic E-state index is 11.9. The summed E-state index contributed by atoms with van der Waals surface area (Å²) in [5, 5.41) is 0. The molecule has 0 heterocycles. The average Bonchev–Trinajstić information content (AvgIpc) is 3.12. The summed E-state index contributed by atoms with van der Waals surface area (Å²) >= 11 is 0. The summed E-state index contributed by atoms with van der Waals surface area (Å²) in [5.74, 6) is 2.45. The molecule has 0 N–H and O–H groups in total. The molecule has 0 aromatic heterocycles. The summed E-state index contributed by atoms with van der Waals surface area (Å²) in [6.07, 6.45) is 9.63. The Morgan fingerprint density at radius 2 is 1.56 bits per heavy atom. The lowest BCUT2D eigenvalue weighted by Gasteiger charge is -2.60. The van der Waals surface area contributed by atoms with Gasteiger partial charge in [-0.15, -0.1) is 0 Å². The van der Waals surface area contributed by atoms with E-state index < -0.39 is 0 Å². The Kier molecular flexibility index (Phi) is 3.67. The van der Waals surface area contributed by atoms with Crippen molar-refractivity contribution in [3.63, 3.8) is 0 Å². The molecule has 9 atom stereocenters. The van der Waals surface area contributed by atoms with Gasteiger partial charge in [0.05, 0.1) is 0 Å². The Labute approximate surface area is 162 Å². The number of carbonyl (C=O) groups excluding carboxylic acids is 2. The number of ether oxygens (including phenoxy) is 2. The molecule has 0 unspecified atom stereocenters. The Balaban J connectivity index is 1.48. The number of fused-ring (bicyclic) bond motifs is 4. The highest BCUT2D eigenvalue weighted by atomic mass is 16.5. The second kappa shape index (κ2) is 5.51. The van der Waals surface area contributed by atoms with E-state index in [-0.39, 0.29) is 35.0 Å². The van der Waals surface area contributed by atoms with Crippen LogP contribution in [0.2, 0.25) is 0 Å². The van der Waals surface area contributed by atoms with Crippen molar-refractivity contribution in [2.24, 2.45) is 39.9 Å². The van der Waals surface area contributed by atoms with Gasteiger partial charge in [-0.2, -0.15) is 0 Å². The van der Waals surface area contributed by atoms with Gasteiger partial charge in [0.2, 0.25) is 0 Å². The Morgan fingerprint density at radius 1 is 0.852 bits per heavy atom. The highest BCUT2D eigenvalue weighted by Crippen LogP contribution is 2.82. The van der Waals surface area contributed by atoms with E-state index in [4.69, 9.17) is 9.47 Å². The van der Waals surface area contributed by atoms with Crippen LogP contribution in [0.3, 0.4) is 0 Å². The minimum atomic E-state index is -0.145. The highest BCUT2D eigenvalue weighted by Gasteiger charge is 2.78. The van der Waals surface area contributed by atoms with Crippen LogP contribution in [0, 0.1) is 39.9 Å². The molecule has 0 aromatic rings. The molecule has 0 radical (unpaired) electrons. The van der Waals surface area contributed by atoms with E-state index in [1.165, 1.54) is 39.0 Å². The number of carbonyl (C=O) groups is 2. The van der Waals surface area contributed by atoms with E-state index in [0.29, 0.717) is 17.3 Å². The van der Waals surface area contributed by atoms with E-state index in [1.54, 1.807) is 6.92 Å². The van der Waals surface area contributed by atoms with E-state index in [9.17, 15) is 9.59 Å². The molecule has 5 rings (SSSR count). The average molecular weight is 375 g/mol. The van der Waals surface area contributed by atoms with Crippen molar-refractivity contribution in [1.29, 1.82) is 0 Å². The van der Waals surface area contributed by atoms with Crippen LogP contribution >= 0.6 is 0 Å². The van der Waals surface area contributed by atoms with Gasteiger partial charge in [0, 0.05) is 24.7 Å². The van der Waals surface area contributed by atoms with Crippen molar-refractivity contribution in [1.82, 2.24) is 0 Å². The first-order valence-corrected chi connectivity index (χ1v) is 11.1.